The van der Waals surface area contributed by atoms with Crippen LogP contribution >= 0.6 is 0 Å². The summed E-state index contributed by atoms with van der Waals surface area (Å²) in [4.78, 5) is 7.86. The molecular formula is C22H23F3N4O2. The second kappa shape index (κ2) is 9.55. The molecule has 0 unspecified atom stereocenters. The summed E-state index contributed by atoms with van der Waals surface area (Å²) in [5.74, 6) is 0.985. The molecule has 0 saturated carbocycles. The highest BCUT2D eigenvalue weighted by molar-refractivity contribution is 5.63. The van der Waals surface area contributed by atoms with E-state index < -0.39 is 11.7 Å². The molecule has 0 radical (unpaired) electrons. The van der Waals surface area contributed by atoms with E-state index in [1.807, 2.05) is 20.8 Å². The molecule has 0 fully saturated rings. The van der Waals surface area contributed by atoms with Gasteiger partial charge in [0.15, 0.2) is 0 Å². The van der Waals surface area contributed by atoms with Crippen molar-refractivity contribution in [1.29, 1.82) is 0 Å². The molecular weight excluding hydrogens is 409 g/mol. The van der Waals surface area contributed by atoms with E-state index >= 15 is 0 Å². The topological polar surface area (TPSA) is 68.3 Å². The van der Waals surface area contributed by atoms with Crippen LogP contribution in [0.15, 0.2) is 54.7 Å². The quantitative estimate of drug-likeness (QED) is 0.444. The van der Waals surface area contributed by atoms with Crippen LogP contribution in [0.1, 0.15) is 26.3 Å². The molecule has 0 saturated heterocycles. The van der Waals surface area contributed by atoms with Gasteiger partial charge in [0.1, 0.15) is 22.9 Å². The van der Waals surface area contributed by atoms with Crippen molar-refractivity contribution in [3.63, 3.8) is 0 Å². The zero-order valence-electron chi connectivity index (χ0n) is 17.3. The van der Waals surface area contributed by atoms with E-state index in [1.54, 1.807) is 48.5 Å². The van der Waals surface area contributed by atoms with E-state index in [-0.39, 0.29) is 17.9 Å². The van der Waals surface area contributed by atoms with Crippen LogP contribution in [0.2, 0.25) is 0 Å². The van der Waals surface area contributed by atoms with Crippen LogP contribution in [-0.4, -0.2) is 22.7 Å². The van der Waals surface area contributed by atoms with Crippen molar-refractivity contribution in [3.8, 4) is 11.5 Å². The minimum atomic E-state index is -4.61. The second-order valence-electron chi connectivity index (χ2n) is 6.85. The lowest BCUT2D eigenvalue weighted by molar-refractivity contribution is -0.137. The molecule has 0 amide bonds. The van der Waals surface area contributed by atoms with Crippen molar-refractivity contribution in [2.75, 3.05) is 17.2 Å². The molecule has 9 heteroatoms. The predicted molar refractivity (Wildman–Crippen MR) is 113 cm³/mol. The lowest BCUT2D eigenvalue weighted by Gasteiger charge is -2.15. The van der Waals surface area contributed by atoms with Crippen molar-refractivity contribution in [2.24, 2.45) is 0 Å². The van der Waals surface area contributed by atoms with Crippen molar-refractivity contribution in [2.45, 2.75) is 33.1 Å². The molecule has 3 aromatic rings. The average molecular weight is 432 g/mol. The maximum absolute atomic E-state index is 13.5. The van der Waals surface area contributed by atoms with Crippen LogP contribution in [0.4, 0.5) is 36.3 Å². The molecule has 1 aromatic heterocycles. The van der Waals surface area contributed by atoms with Crippen LogP contribution in [-0.2, 0) is 6.18 Å². The summed E-state index contributed by atoms with van der Waals surface area (Å²) in [6, 6.07) is 13.6. The van der Waals surface area contributed by atoms with Crippen molar-refractivity contribution < 1.29 is 22.6 Å². The van der Waals surface area contributed by atoms with Crippen LogP contribution in [0.3, 0.4) is 0 Å². The first-order valence-electron chi connectivity index (χ1n) is 9.72. The number of hydrogen-bond acceptors (Lipinski definition) is 6. The zero-order valence-corrected chi connectivity index (χ0v) is 17.3. The summed E-state index contributed by atoms with van der Waals surface area (Å²) in [5, 5.41) is 5.63. The van der Waals surface area contributed by atoms with Gasteiger partial charge < -0.3 is 20.1 Å². The molecule has 2 aromatic carbocycles. The number of halogens is 3. The maximum Gasteiger partial charge on any atom is 0.421 e. The first-order valence-corrected chi connectivity index (χ1v) is 9.72. The fourth-order valence-electron chi connectivity index (χ4n) is 2.70. The molecule has 31 heavy (non-hydrogen) atoms. The monoisotopic (exact) mass is 432 g/mol. The number of rotatable bonds is 8. The maximum atomic E-state index is 13.5. The Morgan fingerprint density at radius 2 is 1.48 bits per heavy atom. The third kappa shape index (κ3) is 6.24. The molecule has 1 heterocycles. The Balaban J connectivity index is 1.83. The number of aromatic nitrogens is 2. The highest BCUT2D eigenvalue weighted by Gasteiger charge is 2.35. The van der Waals surface area contributed by atoms with Gasteiger partial charge in [-0.2, -0.15) is 18.2 Å². The summed E-state index contributed by atoms with van der Waals surface area (Å²) in [6.07, 6.45) is -3.86. The van der Waals surface area contributed by atoms with E-state index in [1.165, 1.54) is 0 Å². The minimum Gasteiger partial charge on any atom is -0.494 e. The van der Waals surface area contributed by atoms with Crippen molar-refractivity contribution in [1.82, 2.24) is 9.97 Å². The number of anilines is 4. The van der Waals surface area contributed by atoms with E-state index in [9.17, 15) is 13.2 Å². The van der Waals surface area contributed by atoms with Gasteiger partial charge in [0.25, 0.3) is 0 Å². The molecule has 2 N–H and O–H groups in total. The lowest BCUT2D eigenvalue weighted by Crippen LogP contribution is -2.12. The molecule has 0 aliphatic rings. The Bertz CT molecular complexity index is 991. The smallest absolute Gasteiger partial charge is 0.421 e. The Morgan fingerprint density at radius 1 is 0.903 bits per heavy atom. The van der Waals surface area contributed by atoms with Gasteiger partial charge in [-0.3, -0.25) is 0 Å². The predicted octanol–water partition coefficient (Wildman–Crippen LogP) is 6.17. The average Bonchev–Trinajstić information content (AvgIpc) is 2.70. The summed E-state index contributed by atoms with van der Waals surface area (Å²) in [5.41, 5.74) is 0.0870. The molecule has 0 aliphatic heterocycles. The highest BCUT2D eigenvalue weighted by atomic mass is 19.4. The molecule has 0 spiro atoms. The number of nitrogens with zero attached hydrogens (tertiary/aromatic N) is 2. The fourth-order valence-corrected chi connectivity index (χ4v) is 2.70. The minimum absolute atomic E-state index is 0.00580. The highest BCUT2D eigenvalue weighted by Crippen LogP contribution is 2.35. The standard InChI is InChI=1S/C22H23F3N4O2/c1-4-30-17-9-5-16(6-10-17)28-21-26-13-19(22(23,24)25)20(29-21)27-15-7-11-18(12-8-15)31-14(2)3/h5-14H,4H2,1-3H3,(H2,26,27,28,29). The summed E-state index contributed by atoms with van der Waals surface area (Å²) in [7, 11) is 0. The molecule has 0 atom stereocenters. The number of ether oxygens (including phenoxy) is 2. The van der Waals surface area contributed by atoms with Crippen molar-refractivity contribution >= 4 is 23.1 Å². The first kappa shape index (κ1) is 22.2. The van der Waals surface area contributed by atoms with Gasteiger partial charge in [0.05, 0.1) is 12.7 Å². The number of nitrogens with one attached hydrogen (secondary N) is 2. The SMILES string of the molecule is CCOc1ccc(Nc2ncc(C(F)(F)F)c(Nc3ccc(OC(C)C)cc3)n2)cc1. The fraction of sp³-hybridized carbons (Fsp3) is 0.273. The van der Waals surface area contributed by atoms with E-state index in [0.717, 1.165) is 6.20 Å². The van der Waals surface area contributed by atoms with Gasteiger partial charge in [-0.25, -0.2) is 4.98 Å². The first-order chi connectivity index (χ1) is 14.7. The van der Waals surface area contributed by atoms with Gasteiger partial charge in [-0.15, -0.1) is 0 Å². The summed E-state index contributed by atoms with van der Waals surface area (Å²) in [6.45, 7) is 6.19. The second-order valence-corrected chi connectivity index (χ2v) is 6.85. The third-order valence-electron chi connectivity index (χ3n) is 4.00. The van der Waals surface area contributed by atoms with Gasteiger partial charge in [-0.1, -0.05) is 0 Å². The normalized spacial score (nSPS) is 11.3. The van der Waals surface area contributed by atoms with Gasteiger partial charge in [-0.05, 0) is 69.3 Å². The van der Waals surface area contributed by atoms with E-state index in [0.29, 0.717) is 29.5 Å². The molecule has 3 rings (SSSR count). The number of benzene rings is 2. The Kier molecular flexibility index (Phi) is 6.84. The van der Waals surface area contributed by atoms with Crippen LogP contribution in [0.25, 0.3) is 0 Å². The summed E-state index contributed by atoms with van der Waals surface area (Å²) < 4.78 is 51.3. The van der Waals surface area contributed by atoms with E-state index in [4.69, 9.17) is 9.47 Å². The van der Waals surface area contributed by atoms with Crippen LogP contribution in [0.5, 0.6) is 11.5 Å². The number of alkyl halides is 3. The summed E-state index contributed by atoms with van der Waals surface area (Å²) >= 11 is 0. The lowest BCUT2D eigenvalue weighted by atomic mass is 10.2. The Hall–Kier alpha value is -3.49. The molecule has 164 valence electrons. The van der Waals surface area contributed by atoms with Gasteiger partial charge in [0.2, 0.25) is 5.95 Å². The Morgan fingerprint density at radius 3 is 2.03 bits per heavy atom. The largest absolute Gasteiger partial charge is 0.494 e. The van der Waals surface area contributed by atoms with Crippen LogP contribution in [0, 0.1) is 0 Å². The van der Waals surface area contributed by atoms with Gasteiger partial charge >= 0.3 is 6.18 Å². The molecule has 0 aliphatic carbocycles. The third-order valence-corrected chi connectivity index (χ3v) is 4.00. The molecule has 0 bridgehead atoms. The van der Waals surface area contributed by atoms with Crippen LogP contribution < -0.4 is 20.1 Å². The van der Waals surface area contributed by atoms with Gasteiger partial charge in [0, 0.05) is 17.6 Å². The zero-order chi connectivity index (χ0) is 22.4. The van der Waals surface area contributed by atoms with Crippen molar-refractivity contribution in [3.05, 3.63) is 60.3 Å². The Labute approximate surface area is 178 Å². The van der Waals surface area contributed by atoms with E-state index in [2.05, 4.69) is 20.6 Å². The number of hydrogen-bond donors (Lipinski definition) is 2. The molecule has 6 nitrogen and oxygen atoms in total.